The van der Waals surface area contributed by atoms with E-state index < -0.39 is 18.0 Å². The van der Waals surface area contributed by atoms with Crippen LogP contribution < -0.4 is 20.7 Å². The molecule has 1 aliphatic heterocycles. The van der Waals surface area contributed by atoms with E-state index in [1.807, 2.05) is 6.92 Å². The molecule has 3 rings (SSSR count). The minimum Gasteiger partial charge on any atom is -0.497 e. The number of allylic oxidation sites excluding steroid dienone is 1. The van der Waals surface area contributed by atoms with E-state index in [9.17, 15) is 14.4 Å². The molecule has 180 valence electrons. The van der Waals surface area contributed by atoms with Crippen molar-refractivity contribution in [3.8, 4) is 5.75 Å². The molecule has 9 nitrogen and oxygen atoms in total. The number of benzene rings is 2. The predicted molar refractivity (Wildman–Crippen MR) is 130 cm³/mol. The standard InChI is InChI=1S/C25H30N4O5/c1-5-14-29-16(3)21(23(30)34-6-2)22(28-25(29)32)17-8-7-9-19(15-17)27-24(31)26-18-10-12-20(33-4)13-11-18/h7-13,15,22H,5-6,14H2,1-4H3,(H,28,32)(H2,26,27,31). The van der Waals surface area contributed by atoms with Gasteiger partial charge in [-0.2, -0.15) is 0 Å². The van der Waals surface area contributed by atoms with Gasteiger partial charge in [-0.3, -0.25) is 4.90 Å². The second-order valence-electron chi connectivity index (χ2n) is 7.69. The summed E-state index contributed by atoms with van der Waals surface area (Å²) >= 11 is 0. The fraction of sp³-hybridized carbons (Fsp3) is 0.320. The molecule has 1 unspecified atom stereocenters. The lowest BCUT2D eigenvalue weighted by atomic mass is 9.94. The summed E-state index contributed by atoms with van der Waals surface area (Å²) in [7, 11) is 1.57. The smallest absolute Gasteiger partial charge is 0.338 e. The van der Waals surface area contributed by atoms with E-state index in [1.54, 1.807) is 74.4 Å². The maximum atomic E-state index is 12.8. The molecule has 1 atom stereocenters. The maximum Gasteiger partial charge on any atom is 0.338 e. The highest BCUT2D eigenvalue weighted by molar-refractivity contribution is 6.00. The number of hydrogen-bond donors (Lipinski definition) is 3. The van der Waals surface area contributed by atoms with Gasteiger partial charge in [0.15, 0.2) is 0 Å². The number of carbonyl (C=O) groups is 3. The Labute approximate surface area is 199 Å². The fourth-order valence-electron chi connectivity index (χ4n) is 3.76. The first-order valence-electron chi connectivity index (χ1n) is 11.2. The Morgan fingerprint density at radius 3 is 2.41 bits per heavy atom. The van der Waals surface area contributed by atoms with Crippen LogP contribution in [0.1, 0.15) is 38.8 Å². The van der Waals surface area contributed by atoms with Crippen LogP contribution in [0.15, 0.2) is 59.8 Å². The molecule has 0 saturated heterocycles. The van der Waals surface area contributed by atoms with Crippen molar-refractivity contribution in [3.63, 3.8) is 0 Å². The van der Waals surface area contributed by atoms with Gasteiger partial charge < -0.3 is 25.4 Å². The topological polar surface area (TPSA) is 109 Å². The van der Waals surface area contributed by atoms with E-state index in [2.05, 4.69) is 16.0 Å². The van der Waals surface area contributed by atoms with Crippen LogP contribution >= 0.6 is 0 Å². The minimum absolute atomic E-state index is 0.219. The van der Waals surface area contributed by atoms with E-state index in [0.29, 0.717) is 40.5 Å². The number of carbonyl (C=O) groups excluding carboxylic acids is 3. The van der Waals surface area contributed by atoms with Gasteiger partial charge in [-0.25, -0.2) is 14.4 Å². The Kier molecular flexibility index (Phi) is 8.13. The lowest BCUT2D eigenvalue weighted by Crippen LogP contribution is -2.48. The van der Waals surface area contributed by atoms with Crippen molar-refractivity contribution >= 4 is 29.4 Å². The summed E-state index contributed by atoms with van der Waals surface area (Å²) in [6, 6.07) is 12.5. The molecule has 3 N–H and O–H groups in total. The summed E-state index contributed by atoms with van der Waals surface area (Å²) in [4.78, 5) is 39.6. The Morgan fingerprint density at radius 1 is 1.06 bits per heavy atom. The molecule has 0 saturated carbocycles. The van der Waals surface area contributed by atoms with Gasteiger partial charge in [-0.1, -0.05) is 19.1 Å². The van der Waals surface area contributed by atoms with Crippen LogP contribution in [0.25, 0.3) is 0 Å². The normalized spacial score (nSPS) is 15.5. The first-order valence-corrected chi connectivity index (χ1v) is 11.2. The Bertz CT molecular complexity index is 1080. The minimum atomic E-state index is -0.703. The number of ether oxygens (including phenoxy) is 2. The number of amides is 4. The number of rotatable bonds is 8. The first kappa shape index (κ1) is 24.6. The van der Waals surface area contributed by atoms with Gasteiger partial charge in [0.1, 0.15) is 5.75 Å². The quantitative estimate of drug-likeness (QED) is 0.491. The van der Waals surface area contributed by atoms with E-state index in [1.165, 1.54) is 0 Å². The molecule has 0 fully saturated rings. The molecule has 0 aromatic heterocycles. The zero-order valence-electron chi connectivity index (χ0n) is 19.8. The average Bonchev–Trinajstić information content (AvgIpc) is 2.82. The molecule has 9 heteroatoms. The molecule has 2 aromatic carbocycles. The maximum absolute atomic E-state index is 12.8. The number of esters is 1. The second-order valence-corrected chi connectivity index (χ2v) is 7.69. The summed E-state index contributed by atoms with van der Waals surface area (Å²) in [6.07, 6.45) is 0.744. The highest BCUT2D eigenvalue weighted by Gasteiger charge is 2.36. The predicted octanol–water partition coefficient (Wildman–Crippen LogP) is 4.65. The van der Waals surface area contributed by atoms with E-state index in [-0.39, 0.29) is 12.6 Å². The Hall–Kier alpha value is -4.01. The highest BCUT2D eigenvalue weighted by Crippen LogP contribution is 2.32. The van der Waals surface area contributed by atoms with Crippen LogP contribution in [0, 0.1) is 0 Å². The van der Waals surface area contributed by atoms with Crippen molar-refractivity contribution in [2.45, 2.75) is 33.2 Å². The molecule has 1 heterocycles. The van der Waals surface area contributed by atoms with Crippen LogP contribution in [0.5, 0.6) is 5.75 Å². The third-order valence-electron chi connectivity index (χ3n) is 5.36. The lowest BCUT2D eigenvalue weighted by molar-refractivity contribution is -0.139. The van der Waals surface area contributed by atoms with Crippen molar-refractivity contribution in [3.05, 3.63) is 65.4 Å². The van der Waals surface area contributed by atoms with Crippen LogP contribution in [0.4, 0.5) is 21.0 Å². The van der Waals surface area contributed by atoms with Gasteiger partial charge in [0.25, 0.3) is 0 Å². The number of urea groups is 2. The molecule has 1 aliphatic rings. The molecule has 0 radical (unpaired) electrons. The fourth-order valence-corrected chi connectivity index (χ4v) is 3.76. The van der Waals surface area contributed by atoms with Crippen molar-refractivity contribution < 1.29 is 23.9 Å². The van der Waals surface area contributed by atoms with Crippen LogP contribution in [0.2, 0.25) is 0 Å². The van der Waals surface area contributed by atoms with Gasteiger partial charge in [0.05, 0.1) is 25.3 Å². The second kappa shape index (κ2) is 11.2. The largest absolute Gasteiger partial charge is 0.497 e. The summed E-state index contributed by atoms with van der Waals surface area (Å²) in [5.41, 5.74) is 2.69. The number of nitrogens with one attached hydrogen (secondary N) is 3. The van der Waals surface area contributed by atoms with Crippen molar-refractivity contribution in [1.82, 2.24) is 10.2 Å². The number of nitrogens with zero attached hydrogens (tertiary/aromatic N) is 1. The third kappa shape index (κ3) is 5.67. The van der Waals surface area contributed by atoms with E-state index in [0.717, 1.165) is 6.42 Å². The zero-order valence-corrected chi connectivity index (χ0v) is 19.8. The molecular formula is C25H30N4O5. The Morgan fingerprint density at radius 2 is 1.76 bits per heavy atom. The Balaban J connectivity index is 1.83. The zero-order chi connectivity index (χ0) is 24.7. The molecule has 2 aromatic rings. The third-order valence-corrected chi connectivity index (χ3v) is 5.36. The molecule has 4 amide bonds. The van der Waals surface area contributed by atoms with E-state index >= 15 is 0 Å². The molecule has 0 aliphatic carbocycles. The molecule has 34 heavy (non-hydrogen) atoms. The SMILES string of the molecule is CCCN1C(=O)NC(c2cccc(NC(=O)Nc3ccc(OC)cc3)c2)C(C(=O)OCC)=C1C. The summed E-state index contributed by atoms with van der Waals surface area (Å²) < 4.78 is 10.4. The summed E-state index contributed by atoms with van der Waals surface area (Å²) in [5, 5.41) is 8.44. The summed E-state index contributed by atoms with van der Waals surface area (Å²) in [5.74, 6) is 0.202. The van der Waals surface area contributed by atoms with Crippen LogP contribution in [-0.4, -0.2) is 43.2 Å². The number of hydrogen-bond acceptors (Lipinski definition) is 5. The van der Waals surface area contributed by atoms with Crippen LogP contribution in [-0.2, 0) is 9.53 Å². The van der Waals surface area contributed by atoms with Gasteiger partial charge in [-0.05, 0) is 62.2 Å². The van der Waals surface area contributed by atoms with Gasteiger partial charge in [0.2, 0.25) is 0 Å². The number of anilines is 2. The van der Waals surface area contributed by atoms with Crippen molar-refractivity contribution in [1.29, 1.82) is 0 Å². The van der Waals surface area contributed by atoms with Crippen LogP contribution in [0.3, 0.4) is 0 Å². The van der Waals surface area contributed by atoms with Gasteiger partial charge in [-0.15, -0.1) is 0 Å². The number of methoxy groups -OCH3 is 1. The lowest BCUT2D eigenvalue weighted by Gasteiger charge is -2.35. The molecule has 0 bridgehead atoms. The monoisotopic (exact) mass is 466 g/mol. The average molecular weight is 467 g/mol. The highest BCUT2D eigenvalue weighted by atomic mass is 16.5. The first-order chi connectivity index (χ1) is 16.4. The molecule has 0 spiro atoms. The van der Waals surface area contributed by atoms with Crippen molar-refractivity contribution in [2.24, 2.45) is 0 Å². The summed E-state index contributed by atoms with van der Waals surface area (Å²) in [6.45, 7) is 6.15. The van der Waals surface area contributed by atoms with Gasteiger partial charge in [0, 0.05) is 23.6 Å². The van der Waals surface area contributed by atoms with E-state index in [4.69, 9.17) is 9.47 Å². The molecular weight excluding hydrogens is 436 g/mol. The van der Waals surface area contributed by atoms with Gasteiger partial charge >= 0.3 is 18.0 Å². The van der Waals surface area contributed by atoms with Crippen molar-refractivity contribution in [2.75, 3.05) is 30.9 Å².